The molecule has 26 heavy (non-hydrogen) atoms. The van der Waals surface area contributed by atoms with Crippen molar-refractivity contribution in [3.63, 3.8) is 0 Å². The van der Waals surface area contributed by atoms with Gasteiger partial charge in [0.2, 0.25) is 0 Å². The monoisotopic (exact) mass is 369 g/mol. The molecule has 1 N–H and O–H groups in total. The maximum atomic E-state index is 13.4. The fourth-order valence-electron chi connectivity index (χ4n) is 2.28. The molecule has 0 amide bonds. The van der Waals surface area contributed by atoms with Gasteiger partial charge in [0, 0.05) is 11.8 Å². The van der Waals surface area contributed by atoms with Gasteiger partial charge >= 0.3 is 7.75 Å². The minimum Gasteiger partial charge on any atom is -0.494 e. The topological polar surface area (TPSA) is 56.8 Å². The van der Waals surface area contributed by atoms with Crippen molar-refractivity contribution in [1.29, 1.82) is 0 Å². The van der Waals surface area contributed by atoms with Crippen LogP contribution in [0.15, 0.2) is 84.9 Å². The van der Waals surface area contributed by atoms with Crippen LogP contribution in [0.25, 0.3) is 0 Å². The first-order chi connectivity index (χ1) is 12.7. The Balaban J connectivity index is 1.87. The van der Waals surface area contributed by atoms with E-state index in [0.717, 1.165) is 0 Å². The van der Waals surface area contributed by atoms with Gasteiger partial charge in [-0.3, -0.25) is 5.09 Å². The van der Waals surface area contributed by atoms with Crippen molar-refractivity contribution in [2.45, 2.75) is 6.92 Å². The third kappa shape index (κ3) is 5.04. The molecular weight excluding hydrogens is 349 g/mol. The minimum atomic E-state index is -3.73. The number of para-hydroxylation sites is 2. The van der Waals surface area contributed by atoms with Gasteiger partial charge in [-0.05, 0) is 43.3 Å². The molecule has 0 aliphatic carbocycles. The lowest BCUT2D eigenvalue weighted by Gasteiger charge is -2.21. The zero-order valence-electron chi connectivity index (χ0n) is 14.4. The summed E-state index contributed by atoms with van der Waals surface area (Å²) in [6.45, 7) is 2.45. The predicted molar refractivity (Wildman–Crippen MR) is 103 cm³/mol. The van der Waals surface area contributed by atoms with Crippen LogP contribution in [-0.4, -0.2) is 6.61 Å². The van der Waals surface area contributed by atoms with E-state index in [1.807, 2.05) is 31.2 Å². The first-order valence-electron chi connectivity index (χ1n) is 8.27. The summed E-state index contributed by atoms with van der Waals surface area (Å²) in [5.74, 6) is 1.56. The third-order valence-electron chi connectivity index (χ3n) is 3.35. The average Bonchev–Trinajstić information content (AvgIpc) is 2.63. The average molecular weight is 369 g/mol. The molecule has 0 unspecified atom stereocenters. The van der Waals surface area contributed by atoms with Gasteiger partial charge in [0.1, 0.15) is 17.2 Å². The number of nitrogens with one attached hydrogen (secondary N) is 1. The Kier molecular flexibility index (Phi) is 5.82. The molecule has 0 heterocycles. The zero-order valence-corrected chi connectivity index (χ0v) is 15.3. The lowest BCUT2D eigenvalue weighted by molar-refractivity contribution is 0.340. The molecule has 5 nitrogen and oxygen atoms in total. The van der Waals surface area contributed by atoms with Crippen molar-refractivity contribution in [1.82, 2.24) is 0 Å². The molecule has 0 atom stereocenters. The van der Waals surface area contributed by atoms with E-state index in [-0.39, 0.29) is 0 Å². The highest BCUT2D eigenvalue weighted by Gasteiger charge is 2.29. The molecule has 134 valence electrons. The standard InChI is InChI=1S/C20H20NO4P/c1-2-23-20-15-9-10-17(16-20)21-26(22,24-18-11-5-3-6-12-18)25-19-13-7-4-8-14-19/h3-16H,2H2,1H3,(H,21,22). The summed E-state index contributed by atoms with van der Waals surface area (Å²) < 4.78 is 30.3. The molecule has 0 fully saturated rings. The molecule has 0 aromatic heterocycles. The molecule has 0 bridgehead atoms. The molecule has 3 aromatic carbocycles. The SMILES string of the molecule is CCOc1cccc(NP(=O)(Oc2ccccc2)Oc2ccccc2)c1. The van der Waals surface area contributed by atoms with Crippen LogP contribution in [0.5, 0.6) is 17.2 Å². The van der Waals surface area contributed by atoms with E-state index in [0.29, 0.717) is 29.5 Å². The number of hydrogen-bond donors (Lipinski definition) is 1. The maximum Gasteiger partial charge on any atom is 0.541 e. The predicted octanol–water partition coefficient (Wildman–Crippen LogP) is 5.76. The van der Waals surface area contributed by atoms with E-state index in [1.54, 1.807) is 60.7 Å². The molecule has 6 heteroatoms. The Hall–Kier alpha value is -2.91. The van der Waals surface area contributed by atoms with Crippen molar-refractivity contribution in [3.05, 3.63) is 84.9 Å². The summed E-state index contributed by atoms with van der Waals surface area (Å²) in [6.07, 6.45) is 0. The first-order valence-corrected chi connectivity index (χ1v) is 9.81. The number of benzene rings is 3. The van der Waals surface area contributed by atoms with Crippen molar-refractivity contribution >= 4 is 13.4 Å². The smallest absolute Gasteiger partial charge is 0.494 e. The fourth-order valence-corrected chi connectivity index (χ4v) is 3.67. The highest BCUT2D eigenvalue weighted by Crippen LogP contribution is 2.48. The second-order valence-electron chi connectivity index (χ2n) is 5.38. The van der Waals surface area contributed by atoms with Crippen molar-refractivity contribution in [2.24, 2.45) is 0 Å². The van der Waals surface area contributed by atoms with Gasteiger partial charge in [-0.25, -0.2) is 4.57 Å². The van der Waals surface area contributed by atoms with Crippen LogP contribution < -0.4 is 18.9 Å². The van der Waals surface area contributed by atoms with Crippen molar-refractivity contribution in [2.75, 3.05) is 11.7 Å². The Morgan fingerprint density at radius 3 is 1.85 bits per heavy atom. The van der Waals surface area contributed by atoms with Crippen LogP contribution >= 0.6 is 7.75 Å². The quantitative estimate of drug-likeness (QED) is 0.511. The van der Waals surface area contributed by atoms with Gasteiger partial charge in [0.25, 0.3) is 0 Å². The molecular formula is C20H20NO4P. The Labute approximate surface area is 153 Å². The summed E-state index contributed by atoms with van der Waals surface area (Å²) in [5, 5.41) is 2.88. The van der Waals surface area contributed by atoms with Crippen LogP contribution in [0, 0.1) is 0 Å². The number of hydrogen-bond acceptors (Lipinski definition) is 4. The minimum absolute atomic E-state index is 0.445. The van der Waals surface area contributed by atoms with Gasteiger partial charge in [-0.2, -0.15) is 0 Å². The van der Waals surface area contributed by atoms with Crippen molar-refractivity contribution in [3.8, 4) is 17.2 Å². The van der Waals surface area contributed by atoms with E-state index in [9.17, 15) is 4.57 Å². The van der Waals surface area contributed by atoms with E-state index in [2.05, 4.69) is 5.09 Å². The second-order valence-corrected chi connectivity index (χ2v) is 6.96. The van der Waals surface area contributed by atoms with Crippen LogP contribution in [0.1, 0.15) is 6.92 Å². The maximum absolute atomic E-state index is 13.4. The number of ether oxygens (including phenoxy) is 1. The number of rotatable bonds is 8. The summed E-state index contributed by atoms with van der Waals surface area (Å²) in [6, 6.07) is 25.0. The van der Waals surface area contributed by atoms with Gasteiger partial charge in [-0.1, -0.05) is 42.5 Å². The molecule has 0 saturated heterocycles. The van der Waals surface area contributed by atoms with E-state index >= 15 is 0 Å². The molecule has 0 spiro atoms. The first kappa shape index (κ1) is 17.9. The molecule has 3 rings (SSSR count). The van der Waals surface area contributed by atoms with E-state index < -0.39 is 7.75 Å². The second kappa shape index (κ2) is 8.45. The molecule has 3 aromatic rings. The third-order valence-corrected chi connectivity index (χ3v) is 4.78. The summed E-state index contributed by atoms with van der Waals surface area (Å²) >= 11 is 0. The fraction of sp³-hybridized carbons (Fsp3) is 0.100. The molecule has 0 aliphatic rings. The Morgan fingerprint density at radius 1 is 0.769 bits per heavy atom. The molecule has 0 radical (unpaired) electrons. The van der Waals surface area contributed by atoms with Gasteiger partial charge in [-0.15, -0.1) is 0 Å². The van der Waals surface area contributed by atoms with E-state index in [1.165, 1.54) is 0 Å². The molecule has 0 aliphatic heterocycles. The van der Waals surface area contributed by atoms with Crippen LogP contribution in [0.3, 0.4) is 0 Å². The normalized spacial score (nSPS) is 10.8. The zero-order chi connectivity index (χ0) is 18.2. The summed E-state index contributed by atoms with van der Waals surface area (Å²) in [4.78, 5) is 0. The van der Waals surface area contributed by atoms with E-state index in [4.69, 9.17) is 13.8 Å². The largest absolute Gasteiger partial charge is 0.541 e. The Bertz CT molecular complexity index is 826. The lowest BCUT2D eigenvalue weighted by atomic mass is 10.3. The summed E-state index contributed by atoms with van der Waals surface area (Å²) in [7, 11) is -3.73. The highest BCUT2D eigenvalue weighted by molar-refractivity contribution is 7.56. The van der Waals surface area contributed by atoms with Crippen molar-refractivity contribution < 1.29 is 18.3 Å². The molecule has 0 saturated carbocycles. The summed E-state index contributed by atoms with van der Waals surface area (Å²) in [5.41, 5.74) is 0.575. The number of anilines is 1. The van der Waals surface area contributed by atoms with Crippen LogP contribution in [0.2, 0.25) is 0 Å². The van der Waals surface area contributed by atoms with Gasteiger partial charge < -0.3 is 13.8 Å². The Morgan fingerprint density at radius 2 is 1.31 bits per heavy atom. The lowest BCUT2D eigenvalue weighted by Crippen LogP contribution is -2.10. The van der Waals surface area contributed by atoms with Gasteiger partial charge in [0.15, 0.2) is 0 Å². The van der Waals surface area contributed by atoms with Gasteiger partial charge in [0.05, 0.1) is 6.61 Å². The van der Waals surface area contributed by atoms with Crippen LogP contribution in [0.4, 0.5) is 5.69 Å². The van der Waals surface area contributed by atoms with Crippen LogP contribution in [-0.2, 0) is 4.57 Å². The highest BCUT2D eigenvalue weighted by atomic mass is 31.2.